The van der Waals surface area contributed by atoms with Crippen LogP contribution < -0.4 is 10.1 Å². The molecule has 1 aromatic carbocycles. The Hall–Kier alpha value is -2.89. The van der Waals surface area contributed by atoms with E-state index in [1.54, 1.807) is 18.3 Å². The van der Waals surface area contributed by atoms with Gasteiger partial charge in [-0.1, -0.05) is 0 Å². The van der Waals surface area contributed by atoms with Crippen molar-refractivity contribution in [3.63, 3.8) is 0 Å². The third-order valence-corrected chi connectivity index (χ3v) is 3.15. The van der Waals surface area contributed by atoms with Gasteiger partial charge in [-0.2, -0.15) is 0 Å². The minimum Gasteiger partial charge on any atom is -0.477 e. The zero-order chi connectivity index (χ0) is 15.5. The fourth-order valence-corrected chi connectivity index (χ4v) is 2.23. The summed E-state index contributed by atoms with van der Waals surface area (Å²) in [5.41, 5.74) is 2.84. The molecule has 2 N–H and O–H groups in total. The fourth-order valence-electron chi connectivity index (χ4n) is 2.23. The lowest BCUT2D eigenvalue weighted by Gasteiger charge is -2.09. The molecule has 0 saturated carbocycles. The van der Waals surface area contributed by atoms with Crippen LogP contribution in [0.3, 0.4) is 0 Å². The molecule has 2 aromatic heterocycles. The van der Waals surface area contributed by atoms with Crippen molar-refractivity contribution in [2.45, 2.75) is 13.8 Å². The van der Waals surface area contributed by atoms with E-state index in [2.05, 4.69) is 20.3 Å². The second kappa shape index (κ2) is 5.85. The van der Waals surface area contributed by atoms with Crippen molar-refractivity contribution < 1.29 is 9.53 Å². The number of benzene rings is 1. The van der Waals surface area contributed by atoms with Crippen molar-refractivity contribution in [2.24, 2.45) is 0 Å². The number of nitrogens with zero attached hydrogens (tertiary/aromatic N) is 2. The normalized spacial score (nSPS) is 10.6. The first-order chi connectivity index (χ1) is 10.7. The quantitative estimate of drug-likeness (QED) is 0.775. The molecule has 0 unspecified atom stereocenters. The van der Waals surface area contributed by atoms with E-state index < -0.39 is 0 Å². The molecule has 0 saturated heterocycles. The lowest BCUT2D eigenvalue weighted by Crippen LogP contribution is -2.14. The molecule has 1 amide bonds. The summed E-state index contributed by atoms with van der Waals surface area (Å²) in [6.07, 6.45) is 1.60. The summed E-state index contributed by atoms with van der Waals surface area (Å²) in [7, 11) is 0. The van der Waals surface area contributed by atoms with Crippen molar-refractivity contribution in [2.75, 3.05) is 11.9 Å². The maximum Gasteiger partial charge on any atom is 0.261 e. The summed E-state index contributed by atoms with van der Waals surface area (Å²) >= 11 is 0. The van der Waals surface area contributed by atoms with Gasteiger partial charge in [-0.3, -0.25) is 4.79 Å². The van der Waals surface area contributed by atoms with E-state index in [9.17, 15) is 4.79 Å². The highest BCUT2D eigenvalue weighted by molar-refractivity contribution is 6.06. The first-order valence-corrected chi connectivity index (χ1v) is 7.03. The van der Waals surface area contributed by atoms with Gasteiger partial charge in [-0.25, -0.2) is 9.97 Å². The van der Waals surface area contributed by atoms with Gasteiger partial charge in [0.05, 0.1) is 17.6 Å². The van der Waals surface area contributed by atoms with Gasteiger partial charge in [0.15, 0.2) is 0 Å². The maximum absolute atomic E-state index is 12.4. The Morgan fingerprint density at radius 1 is 1.36 bits per heavy atom. The zero-order valence-electron chi connectivity index (χ0n) is 12.4. The van der Waals surface area contributed by atoms with Gasteiger partial charge in [0.2, 0.25) is 5.88 Å². The number of H-pyrrole nitrogens is 1. The fraction of sp³-hybridized carbons (Fsp3) is 0.188. The smallest absolute Gasteiger partial charge is 0.261 e. The van der Waals surface area contributed by atoms with E-state index in [-0.39, 0.29) is 5.91 Å². The molecule has 112 valence electrons. The number of nitrogens with one attached hydrogen (secondary N) is 2. The molecule has 2 heterocycles. The molecule has 0 atom stereocenters. The van der Waals surface area contributed by atoms with Gasteiger partial charge < -0.3 is 15.0 Å². The van der Waals surface area contributed by atoms with E-state index in [1.165, 1.54) is 0 Å². The Balaban J connectivity index is 1.86. The number of carbonyl (C=O) groups excluding carboxylic acids is 1. The number of aromatic nitrogens is 3. The predicted octanol–water partition coefficient (Wildman–Crippen LogP) is 2.92. The van der Waals surface area contributed by atoms with Crippen LogP contribution in [0, 0.1) is 6.92 Å². The van der Waals surface area contributed by atoms with Crippen LogP contribution in [0.4, 0.5) is 5.69 Å². The highest BCUT2D eigenvalue weighted by Crippen LogP contribution is 2.20. The van der Waals surface area contributed by atoms with Crippen LogP contribution in [0.25, 0.3) is 11.0 Å². The summed E-state index contributed by atoms with van der Waals surface area (Å²) in [6.45, 7) is 4.20. The second-order valence-electron chi connectivity index (χ2n) is 4.80. The Morgan fingerprint density at radius 3 is 3.05 bits per heavy atom. The van der Waals surface area contributed by atoms with Gasteiger partial charge in [0.1, 0.15) is 11.4 Å². The van der Waals surface area contributed by atoms with E-state index in [0.717, 1.165) is 16.9 Å². The largest absolute Gasteiger partial charge is 0.477 e. The first kappa shape index (κ1) is 14.1. The number of aromatic amines is 1. The average molecular weight is 296 g/mol. The number of rotatable bonds is 4. The third-order valence-electron chi connectivity index (χ3n) is 3.15. The lowest BCUT2D eigenvalue weighted by atomic mass is 10.2. The summed E-state index contributed by atoms with van der Waals surface area (Å²) in [6, 6.07) is 8.92. The molecule has 0 aliphatic rings. The van der Waals surface area contributed by atoms with Crippen LogP contribution in [0.2, 0.25) is 0 Å². The van der Waals surface area contributed by atoms with E-state index in [4.69, 9.17) is 4.74 Å². The maximum atomic E-state index is 12.4. The number of hydrogen-bond acceptors (Lipinski definition) is 4. The molecule has 0 fully saturated rings. The molecule has 6 nitrogen and oxygen atoms in total. The third kappa shape index (κ3) is 2.76. The van der Waals surface area contributed by atoms with Gasteiger partial charge in [0.25, 0.3) is 5.91 Å². The number of carbonyl (C=O) groups is 1. The SMILES string of the molecule is CCOc1ncccc1C(=O)Nc1ccc2nc(C)[nH]c2c1. The number of amides is 1. The molecular formula is C16H16N4O2. The van der Waals surface area contributed by atoms with Crippen LogP contribution in [0.15, 0.2) is 36.5 Å². The minimum absolute atomic E-state index is 0.257. The van der Waals surface area contributed by atoms with Gasteiger partial charge in [-0.15, -0.1) is 0 Å². The lowest BCUT2D eigenvalue weighted by molar-refractivity contribution is 0.102. The van der Waals surface area contributed by atoms with Crippen LogP contribution >= 0.6 is 0 Å². The molecule has 0 radical (unpaired) electrons. The summed E-state index contributed by atoms with van der Waals surface area (Å²) in [4.78, 5) is 24.0. The number of aryl methyl sites for hydroxylation is 1. The Labute approximate surface area is 127 Å². The number of ether oxygens (including phenoxy) is 1. The molecule has 0 bridgehead atoms. The Bertz CT molecular complexity index is 826. The average Bonchev–Trinajstić information content (AvgIpc) is 2.87. The van der Waals surface area contributed by atoms with Crippen LogP contribution in [-0.2, 0) is 0 Å². The molecular weight excluding hydrogens is 280 g/mol. The van der Waals surface area contributed by atoms with Crippen molar-refractivity contribution in [1.82, 2.24) is 15.0 Å². The Kier molecular flexibility index (Phi) is 3.74. The zero-order valence-corrected chi connectivity index (χ0v) is 12.4. The molecule has 3 rings (SSSR count). The van der Waals surface area contributed by atoms with Crippen molar-refractivity contribution in [3.05, 3.63) is 47.9 Å². The number of pyridine rings is 1. The number of imidazole rings is 1. The first-order valence-electron chi connectivity index (χ1n) is 7.03. The van der Waals surface area contributed by atoms with Gasteiger partial charge >= 0.3 is 0 Å². The molecule has 0 aliphatic heterocycles. The number of hydrogen-bond donors (Lipinski definition) is 2. The van der Waals surface area contributed by atoms with Crippen molar-refractivity contribution in [3.8, 4) is 5.88 Å². The van der Waals surface area contributed by atoms with Crippen LogP contribution in [0.1, 0.15) is 23.1 Å². The Morgan fingerprint density at radius 2 is 2.23 bits per heavy atom. The highest BCUT2D eigenvalue weighted by atomic mass is 16.5. The topological polar surface area (TPSA) is 79.9 Å². The summed E-state index contributed by atoms with van der Waals surface area (Å²) < 4.78 is 5.38. The van der Waals surface area contributed by atoms with Crippen molar-refractivity contribution in [1.29, 1.82) is 0 Å². The predicted molar refractivity (Wildman–Crippen MR) is 84.2 cm³/mol. The van der Waals surface area contributed by atoms with Crippen LogP contribution in [0.5, 0.6) is 5.88 Å². The van der Waals surface area contributed by atoms with Crippen molar-refractivity contribution >= 4 is 22.6 Å². The van der Waals surface area contributed by atoms with E-state index in [0.29, 0.717) is 23.7 Å². The van der Waals surface area contributed by atoms with Gasteiger partial charge in [0, 0.05) is 11.9 Å². The molecule has 0 spiro atoms. The number of anilines is 1. The number of fused-ring (bicyclic) bond motifs is 1. The van der Waals surface area contributed by atoms with Gasteiger partial charge in [-0.05, 0) is 44.2 Å². The molecule has 22 heavy (non-hydrogen) atoms. The minimum atomic E-state index is -0.257. The standard InChI is InChI=1S/C16H16N4O2/c1-3-22-16-12(5-4-8-17-16)15(21)20-11-6-7-13-14(9-11)19-10(2)18-13/h4-9H,3H2,1-2H3,(H,18,19)(H,20,21). The summed E-state index contributed by atoms with van der Waals surface area (Å²) in [5.74, 6) is 0.914. The second-order valence-corrected chi connectivity index (χ2v) is 4.80. The monoisotopic (exact) mass is 296 g/mol. The van der Waals surface area contributed by atoms with Crippen LogP contribution in [-0.4, -0.2) is 27.5 Å². The summed E-state index contributed by atoms with van der Waals surface area (Å²) in [5, 5.41) is 2.85. The molecule has 6 heteroatoms. The molecule has 0 aliphatic carbocycles. The van der Waals surface area contributed by atoms with E-state index in [1.807, 2.05) is 32.0 Å². The highest BCUT2D eigenvalue weighted by Gasteiger charge is 2.13. The molecule has 3 aromatic rings. The van der Waals surface area contributed by atoms with E-state index >= 15 is 0 Å².